The van der Waals surface area contributed by atoms with Crippen LogP contribution in [0.3, 0.4) is 0 Å². The summed E-state index contributed by atoms with van der Waals surface area (Å²) >= 11 is 5.98. The molecule has 1 aliphatic rings. The second kappa shape index (κ2) is 5.29. The fourth-order valence-corrected chi connectivity index (χ4v) is 2.96. The van der Waals surface area contributed by atoms with Crippen molar-refractivity contribution in [3.05, 3.63) is 58.4 Å². The molecule has 1 aliphatic heterocycles. The molecule has 0 N–H and O–H groups in total. The molecule has 3 rings (SSSR count). The number of carbonyl (C=O) groups excluding carboxylic acids is 1. The Morgan fingerprint density at radius 3 is 2.59 bits per heavy atom. The molecule has 0 fully saturated rings. The first kappa shape index (κ1) is 14.9. The van der Waals surface area contributed by atoms with E-state index in [1.165, 1.54) is 0 Å². The maximum atomic E-state index is 12.7. The van der Waals surface area contributed by atoms with Gasteiger partial charge in [0, 0.05) is 12.7 Å². The summed E-state index contributed by atoms with van der Waals surface area (Å²) in [5.74, 6) is 0.762. The molecule has 0 bridgehead atoms. The van der Waals surface area contributed by atoms with E-state index in [1.54, 1.807) is 19.4 Å². The summed E-state index contributed by atoms with van der Waals surface area (Å²) in [5, 5.41) is 0.481. The van der Waals surface area contributed by atoms with E-state index in [9.17, 15) is 4.79 Å². The minimum absolute atomic E-state index is 0.0363. The zero-order valence-electron chi connectivity index (χ0n) is 12.8. The summed E-state index contributed by atoms with van der Waals surface area (Å²) in [6, 6.07) is 9.41. The Morgan fingerprint density at radius 1 is 1.27 bits per heavy atom. The van der Waals surface area contributed by atoms with Gasteiger partial charge in [0.25, 0.3) is 5.91 Å². The van der Waals surface area contributed by atoms with Gasteiger partial charge in [0.15, 0.2) is 0 Å². The van der Waals surface area contributed by atoms with Crippen molar-refractivity contribution in [2.24, 2.45) is 0 Å². The highest BCUT2D eigenvalue weighted by atomic mass is 35.5. The Bertz CT molecular complexity index is 726. The number of hydrogen-bond acceptors (Lipinski definition) is 3. The van der Waals surface area contributed by atoms with Crippen molar-refractivity contribution in [1.82, 2.24) is 9.88 Å². The largest absolute Gasteiger partial charge is 0.497 e. The van der Waals surface area contributed by atoms with Crippen LogP contribution in [0.1, 0.15) is 35.5 Å². The Balaban J connectivity index is 1.93. The van der Waals surface area contributed by atoms with Crippen molar-refractivity contribution in [1.29, 1.82) is 0 Å². The Kier molecular flexibility index (Phi) is 3.57. The highest BCUT2D eigenvalue weighted by Gasteiger charge is 2.44. The van der Waals surface area contributed by atoms with Crippen LogP contribution in [0.25, 0.3) is 0 Å². The third-order valence-electron chi connectivity index (χ3n) is 4.08. The quantitative estimate of drug-likeness (QED) is 0.868. The summed E-state index contributed by atoms with van der Waals surface area (Å²) in [4.78, 5) is 18.9. The van der Waals surface area contributed by atoms with Crippen LogP contribution in [0, 0.1) is 0 Å². The molecule has 1 aromatic carbocycles. The summed E-state index contributed by atoms with van der Waals surface area (Å²) in [7, 11) is 1.63. The molecule has 0 saturated heterocycles. The molecule has 2 aromatic rings. The number of pyridine rings is 1. The molecule has 1 aromatic heterocycles. The van der Waals surface area contributed by atoms with Crippen molar-refractivity contribution >= 4 is 17.5 Å². The summed E-state index contributed by atoms with van der Waals surface area (Å²) in [5.41, 5.74) is 1.94. The van der Waals surface area contributed by atoms with Gasteiger partial charge in [-0.1, -0.05) is 23.7 Å². The molecule has 22 heavy (non-hydrogen) atoms. The molecule has 0 atom stereocenters. The van der Waals surface area contributed by atoms with Gasteiger partial charge in [-0.05, 0) is 37.6 Å². The molecule has 4 nitrogen and oxygen atoms in total. The van der Waals surface area contributed by atoms with Crippen molar-refractivity contribution in [2.45, 2.75) is 25.9 Å². The van der Waals surface area contributed by atoms with Gasteiger partial charge in [-0.15, -0.1) is 0 Å². The zero-order valence-corrected chi connectivity index (χ0v) is 13.5. The second-order valence-electron chi connectivity index (χ2n) is 5.85. The van der Waals surface area contributed by atoms with Gasteiger partial charge in [0.1, 0.15) is 5.75 Å². The number of rotatable bonds is 3. The minimum Gasteiger partial charge on any atom is -0.497 e. The lowest BCUT2D eigenvalue weighted by Crippen LogP contribution is -2.38. The predicted octanol–water partition coefficient (Wildman–Crippen LogP) is 3.63. The molecular weight excluding hydrogens is 300 g/mol. The predicted molar refractivity (Wildman–Crippen MR) is 85.1 cm³/mol. The molecule has 2 heterocycles. The highest BCUT2D eigenvalue weighted by molar-refractivity contribution is 6.30. The van der Waals surface area contributed by atoms with Gasteiger partial charge in [0.05, 0.1) is 28.9 Å². The zero-order chi connectivity index (χ0) is 15.9. The lowest BCUT2D eigenvalue weighted by molar-refractivity contribution is 0.0591. The fraction of sp³-hybridized carbons (Fsp3) is 0.294. The lowest BCUT2D eigenvalue weighted by Gasteiger charge is -2.31. The van der Waals surface area contributed by atoms with Crippen molar-refractivity contribution in [3.8, 4) is 5.75 Å². The van der Waals surface area contributed by atoms with Crippen LogP contribution in [0.2, 0.25) is 5.02 Å². The Labute approximate surface area is 134 Å². The van der Waals surface area contributed by atoms with Crippen LogP contribution >= 0.6 is 11.6 Å². The number of hydrogen-bond donors (Lipinski definition) is 0. The van der Waals surface area contributed by atoms with E-state index in [0.717, 1.165) is 17.0 Å². The van der Waals surface area contributed by atoms with Gasteiger partial charge >= 0.3 is 0 Å². The highest BCUT2D eigenvalue weighted by Crippen LogP contribution is 2.39. The van der Waals surface area contributed by atoms with Gasteiger partial charge in [-0.2, -0.15) is 0 Å². The van der Waals surface area contributed by atoms with Crippen LogP contribution in [0.5, 0.6) is 5.75 Å². The van der Waals surface area contributed by atoms with E-state index in [0.29, 0.717) is 17.1 Å². The summed E-state index contributed by atoms with van der Waals surface area (Å²) in [6.45, 7) is 4.52. The Morgan fingerprint density at radius 2 is 1.95 bits per heavy atom. The average molecular weight is 317 g/mol. The lowest BCUT2D eigenvalue weighted by atomic mass is 9.99. The minimum atomic E-state index is -0.461. The molecule has 1 amide bonds. The monoisotopic (exact) mass is 316 g/mol. The maximum absolute atomic E-state index is 12.7. The van der Waals surface area contributed by atoms with Gasteiger partial charge < -0.3 is 9.64 Å². The molecule has 5 heteroatoms. The van der Waals surface area contributed by atoms with E-state index in [1.807, 2.05) is 43.0 Å². The first-order valence-electron chi connectivity index (χ1n) is 7.04. The molecule has 0 aliphatic carbocycles. The third kappa shape index (κ3) is 2.33. The third-order valence-corrected chi connectivity index (χ3v) is 4.29. The average Bonchev–Trinajstić information content (AvgIpc) is 2.68. The molecule has 0 unspecified atom stereocenters. The first-order valence-corrected chi connectivity index (χ1v) is 7.42. The van der Waals surface area contributed by atoms with Crippen molar-refractivity contribution in [2.75, 3.05) is 7.11 Å². The smallest absolute Gasteiger partial charge is 0.256 e. The molecule has 0 saturated carbocycles. The Hall–Kier alpha value is -2.07. The van der Waals surface area contributed by atoms with Gasteiger partial charge in [-0.25, -0.2) is 0 Å². The number of carbonyl (C=O) groups is 1. The number of amides is 1. The van der Waals surface area contributed by atoms with Crippen molar-refractivity contribution in [3.63, 3.8) is 0 Å². The number of halogens is 1. The van der Waals surface area contributed by atoms with Crippen LogP contribution in [0.15, 0.2) is 36.5 Å². The molecule has 0 radical (unpaired) electrons. The number of benzene rings is 1. The number of aromatic nitrogens is 1. The first-order chi connectivity index (χ1) is 10.4. The molecule has 0 spiro atoms. The van der Waals surface area contributed by atoms with Gasteiger partial charge in [-0.3, -0.25) is 9.78 Å². The molecular formula is C17H17ClN2O2. The summed E-state index contributed by atoms with van der Waals surface area (Å²) < 4.78 is 5.16. The maximum Gasteiger partial charge on any atom is 0.256 e. The molecule has 114 valence electrons. The van der Waals surface area contributed by atoms with Crippen LogP contribution in [0.4, 0.5) is 0 Å². The van der Waals surface area contributed by atoms with Crippen LogP contribution in [-0.4, -0.2) is 22.9 Å². The van der Waals surface area contributed by atoms with Crippen LogP contribution < -0.4 is 4.74 Å². The van der Waals surface area contributed by atoms with Gasteiger partial charge in [0.2, 0.25) is 0 Å². The number of methoxy groups -OCH3 is 1. The number of fused-ring (bicyclic) bond motifs is 1. The fourth-order valence-electron chi connectivity index (χ4n) is 2.80. The number of ether oxygens (including phenoxy) is 1. The van der Waals surface area contributed by atoms with Crippen LogP contribution in [-0.2, 0) is 12.1 Å². The van der Waals surface area contributed by atoms with E-state index in [4.69, 9.17) is 16.3 Å². The second-order valence-corrected chi connectivity index (χ2v) is 6.28. The number of nitrogens with zero attached hydrogens (tertiary/aromatic N) is 2. The standard InChI is InChI=1S/C17H17ClN2O2/c1-17(2)15-14(8-12(18)9-19-15)16(21)20(17)10-11-4-6-13(22-3)7-5-11/h4-9H,10H2,1-3H3. The normalized spacial score (nSPS) is 15.8. The van der Waals surface area contributed by atoms with E-state index >= 15 is 0 Å². The topological polar surface area (TPSA) is 42.4 Å². The van der Waals surface area contributed by atoms with E-state index < -0.39 is 5.54 Å². The van der Waals surface area contributed by atoms with E-state index in [2.05, 4.69) is 4.98 Å². The van der Waals surface area contributed by atoms with E-state index in [-0.39, 0.29) is 5.91 Å². The summed E-state index contributed by atoms with van der Waals surface area (Å²) in [6.07, 6.45) is 1.59. The van der Waals surface area contributed by atoms with Crippen molar-refractivity contribution < 1.29 is 9.53 Å². The SMILES string of the molecule is COc1ccc(CN2C(=O)c3cc(Cl)cnc3C2(C)C)cc1.